The molecular formula is C20H19N3O2. The second kappa shape index (κ2) is 6.51. The molecule has 0 aliphatic heterocycles. The number of fused-ring (bicyclic) bond motifs is 1. The maximum absolute atomic E-state index is 11.9. The maximum Gasteiger partial charge on any atom is 0.158 e. The predicted octanol–water partition coefficient (Wildman–Crippen LogP) is 3.48. The Balaban J connectivity index is 1.63. The third-order valence-electron chi connectivity index (χ3n) is 4.46. The van der Waals surface area contributed by atoms with Crippen molar-refractivity contribution >= 4 is 22.9 Å². The van der Waals surface area contributed by atoms with Gasteiger partial charge < -0.3 is 4.74 Å². The van der Waals surface area contributed by atoms with Gasteiger partial charge in [0, 0.05) is 11.5 Å². The van der Waals surface area contributed by atoms with E-state index in [9.17, 15) is 4.79 Å². The molecule has 0 spiro atoms. The highest BCUT2D eigenvalue weighted by Gasteiger charge is 2.27. The molecule has 1 fully saturated rings. The Bertz CT molecular complexity index is 954. The van der Waals surface area contributed by atoms with Crippen LogP contribution in [-0.2, 0) is 11.3 Å². The van der Waals surface area contributed by atoms with Crippen molar-refractivity contribution in [1.29, 1.82) is 0 Å². The Hall–Kier alpha value is -2.95. The third-order valence-corrected chi connectivity index (χ3v) is 4.46. The van der Waals surface area contributed by atoms with Crippen LogP contribution in [0, 0.1) is 5.92 Å². The molecule has 0 N–H and O–H groups in total. The molecule has 1 aromatic heterocycles. The van der Waals surface area contributed by atoms with Crippen LogP contribution < -0.4 is 4.74 Å². The minimum atomic E-state index is 0.222. The van der Waals surface area contributed by atoms with Crippen LogP contribution in [0.2, 0.25) is 0 Å². The SMILES string of the molecule is COc1ccc(/C=C/C(=O)C2CC2)cc1Cn1nnc2ccccc21. The maximum atomic E-state index is 11.9. The average Bonchev–Trinajstić information content (AvgIpc) is 3.42. The van der Waals surface area contributed by atoms with Crippen LogP contribution in [0.4, 0.5) is 0 Å². The van der Waals surface area contributed by atoms with Crippen molar-refractivity contribution in [2.45, 2.75) is 19.4 Å². The molecule has 4 rings (SSSR count). The summed E-state index contributed by atoms with van der Waals surface area (Å²) >= 11 is 0. The van der Waals surface area contributed by atoms with E-state index in [1.165, 1.54) is 0 Å². The van der Waals surface area contributed by atoms with Crippen molar-refractivity contribution in [3.63, 3.8) is 0 Å². The van der Waals surface area contributed by atoms with E-state index in [1.54, 1.807) is 13.2 Å². The zero-order chi connectivity index (χ0) is 17.2. The number of hydrogen-bond donors (Lipinski definition) is 0. The van der Waals surface area contributed by atoms with E-state index in [0.29, 0.717) is 6.54 Å². The van der Waals surface area contributed by atoms with Crippen LogP contribution in [0.25, 0.3) is 17.1 Å². The molecule has 0 radical (unpaired) electrons. The summed E-state index contributed by atoms with van der Waals surface area (Å²) < 4.78 is 7.34. The number of allylic oxidation sites excluding steroid dienone is 1. The summed E-state index contributed by atoms with van der Waals surface area (Å²) in [4.78, 5) is 11.9. The van der Waals surface area contributed by atoms with Crippen LogP contribution in [0.15, 0.2) is 48.5 Å². The van der Waals surface area contributed by atoms with Gasteiger partial charge in [0.05, 0.1) is 19.2 Å². The molecule has 25 heavy (non-hydrogen) atoms. The van der Waals surface area contributed by atoms with Gasteiger partial charge in [0.15, 0.2) is 5.78 Å². The summed E-state index contributed by atoms with van der Waals surface area (Å²) in [7, 11) is 1.66. The Morgan fingerprint density at radius 3 is 2.92 bits per heavy atom. The number of para-hydroxylation sites is 1. The number of methoxy groups -OCH3 is 1. The molecule has 1 heterocycles. The quantitative estimate of drug-likeness (QED) is 0.648. The van der Waals surface area contributed by atoms with Crippen molar-refractivity contribution in [3.05, 3.63) is 59.7 Å². The normalized spacial score (nSPS) is 14.3. The molecular weight excluding hydrogens is 314 g/mol. The molecule has 0 amide bonds. The first-order valence-electron chi connectivity index (χ1n) is 8.41. The standard InChI is InChI=1S/C20H19N3O2/c1-25-20-11-7-14(6-10-19(24)15-8-9-15)12-16(20)13-23-18-5-3-2-4-17(18)21-22-23/h2-7,10-12,15H,8-9,13H2,1H3/b10-6+. The van der Waals surface area contributed by atoms with E-state index in [4.69, 9.17) is 4.74 Å². The van der Waals surface area contributed by atoms with E-state index >= 15 is 0 Å². The first kappa shape index (κ1) is 15.6. The van der Waals surface area contributed by atoms with Crippen molar-refractivity contribution < 1.29 is 9.53 Å². The Morgan fingerprint density at radius 1 is 1.28 bits per heavy atom. The summed E-state index contributed by atoms with van der Waals surface area (Å²) in [5.41, 5.74) is 3.83. The number of ketones is 1. The van der Waals surface area contributed by atoms with Crippen LogP contribution in [-0.4, -0.2) is 27.9 Å². The molecule has 1 saturated carbocycles. The van der Waals surface area contributed by atoms with E-state index in [2.05, 4.69) is 10.3 Å². The van der Waals surface area contributed by atoms with Crippen LogP contribution in [0.1, 0.15) is 24.0 Å². The fourth-order valence-electron chi connectivity index (χ4n) is 2.90. The predicted molar refractivity (Wildman–Crippen MR) is 96.4 cm³/mol. The molecule has 5 nitrogen and oxygen atoms in total. The van der Waals surface area contributed by atoms with Gasteiger partial charge in [-0.3, -0.25) is 4.79 Å². The van der Waals surface area contributed by atoms with Crippen LogP contribution in [0.3, 0.4) is 0 Å². The number of carbonyl (C=O) groups excluding carboxylic acids is 1. The van der Waals surface area contributed by atoms with Crippen molar-refractivity contribution in [3.8, 4) is 5.75 Å². The largest absolute Gasteiger partial charge is 0.496 e. The van der Waals surface area contributed by atoms with Crippen LogP contribution in [0.5, 0.6) is 5.75 Å². The number of rotatable bonds is 6. The molecule has 0 atom stereocenters. The van der Waals surface area contributed by atoms with Gasteiger partial charge in [0.2, 0.25) is 0 Å². The van der Waals surface area contributed by atoms with Crippen molar-refractivity contribution in [2.24, 2.45) is 5.92 Å². The molecule has 126 valence electrons. The summed E-state index contributed by atoms with van der Waals surface area (Å²) in [6.07, 6.45) is 5.62. The molecule has 0 bridgehead atoms. The molecule has 2 aromatic carbocycles. The average molecular weight is 333 g/mol. The van der Waals surface area contributed by atoms with Crippen molar-refractivity contribution in [1.82, 2.24) is 15.0 Å². The Labute approximate surface area is 145 Å². The zero-order valence-electron chi connectivity index (χ0n) is 14.1. The molecule has 0 unspecified atom stereocenters. The number of carbonyl (C=O) groups is 1. The monoisotopic (exact) mass is 333 g/mol. The summed E-state index contributed by atoms with van der Waals surface area (Å²) in [6, 6.07) is 13.8. The van der Waals surface area contributed by atoms with Crippen molar-refractivity contribution in [2.75, 3.05) is 7.11 Å². The number of ether oxygens (including phenoxy) is 1. The lowest BCUT2D eigenvalue weighted by Gasteiger charge is -2.10. The van der Waals surface area contributed by atoms with E-state index in [-0.39, 0.29) is 11.7 Å². The lowest BCUT2D eigenvalue weighted by molar-refractivity contribution is -0.115. The first-order chi connectivity index (χ1) is 12.2. The van der Waals surface area contributed by atoms with E-state index in [1.807, 2.05) is 53.2 Å². The number of hydrogen-bond acceptors (Lipinski definition) is 4. The van der Waals surface area contributed by atoms with Gasteiger partial charge >= 0.3 is 0 Å². The second-order valence-electron chi connectivity index (χ2n) is 6.32. The topological polar surface area (TPSA) is 57.0 Å². The summed E-state index contributed by atoms with van der Waals surface area (Å²) in [5.74, 6) is 1.26. The lowest BCUT2D eigenvalue weighted by atomic mass is 10.1. The zero-order valence-corrected chi connectivity index (χ0v) is 14.1. The molecule has 5 heteroatoms. The molecule has 3 aromatic rings. The van der Waals surface area contributed by atoms with Gasteiger partial charge in [-0.15, -0.1) is 5.10 Å². The third kappa shape index (κ3) is 3.31. The van der Waals surface area contributed by atoms with E-state index < -0.39 is 0 Å². The smallest absolute Gasteiger partial charge is 0.158 e. The van der Waals surface area contributed by atoms with Gasteiger partial charge in [-0.1, -0.05) is 29.5 Å². The first-order valence-corrected chi connectivity index (χ1v) is 8.41. The minimum absolute atomic E-state index is 0.222. The fraction of sp³-hybridized carbons (Fsp3) is 0.250. The number of nitrogens with zero attached hydrogens (tertiary/aromatic N) is 3. The highest BCUT2D eigenvalue weighted by atomic mass is 16.5. The summed E-state index contributed by atoms with van der Waals surface area (Å²) in [5, 5.41) is 8.43. The fourth-order valence-corrected chi connectivity index (χ4v) is 2.90. The van der Waals surface area contributed by atoms with Gasteiger partial charge in [0.25, 0.3) is 0 Å². The molecule has 1 aliphatic rings. The summed E-state index contributed by atoms with van der Waals surface area (Å²) in [6.45, 7) is 0.557. The van der Waals surface area contributed by atoms with Gasteiger partial charge in [-0.05, 0) is 48.7 Å². The molecule has 1 aliphatic carbocycles. The Kier molecular flexibility index (Phi) is 4.06. The molecule has 0 saturated heterocycles. The Morgan fingerprint density at radius 2 is 2.12 bits per heavy atom. The van der Waals surface area contributed by atoms with Gasteiger partial charge in [-0.2, -0.15) is 0 Å². The highest BCUT2D eigenvalue weighted by molar-refractivity contribution is 5.96. The lowest BCUT2D eigenvalue weighted by Crippen LogP contribution is -2.04. The highest BCUT2D eigenvalue weighted by Crippen LogP contribution is 2.30. The minimum Gasteiger partial charge on any atom is -0.496 e. The van der Waals surface area contributed by atoms with E-state index in [0.717, 1.165) is 40.8 Å². The van der Waals surface area contributed by atoms with Gasteiger partial charge in [0.1, 0.15) is 11.3 Å². The number of benzene rings is 2. The number of aromatic nitrogens is 3. The van der Waals surface area contributed by atoms with Crippen LogP contribution >= 0.6 is 0 Å². The van der Waals surface area contributed by atoms with Gasteiger partial charge in [-0.25, -0.2) is 4.68 Å². The second-order valence-corrected chi connectivity index (χ2v) is 6.32.